The van der Waals surface area contributed by atoms with E-state index in [9.17, 15) is 8.42 Å². The van der Waals surface area contributed by atoms with E-state index in [2.05, 4.69) is 16.3 Å². The van der Waals surface area contributed by atoms with Crippen LogP contribution < -0.4 is 4.72 Å². The van der Waals surface area contributed by atoms with E-state index < -0.39 is 10.0 Å². The molecule has 5 nitrogen and oxygen atoms in total. The lowest BCUT2D eigenvalue weighted by atomic mass is 10.4. The molecule has 0 aromatic carbocycles. The molecular formula is C10H17N3O2S. The van der Waals surface area contributed by atoms with Crippen molar-refractivity contribution in [3.63, 3.8) is 0 Å². The first-order valence-corrected chi connectivity index (χ1v) is 6.72. The van der Waals surface area contributed by atoms with Gasteiger partial charge in [0.1, 0.15) is 0 Å². The molecule has 0 saturated carbocycles. The minimum absolute atomic E-state index is 0.00191. The first-order valence-electron chi connectivity index (χ1n) is 5.07. The van der Waals surface area contributed by atoms with Gasteiger partial charge in [0.2, 0.25) is 10.0 Å². The molecule has 0 bridgehead atoms. The summed E-state index contributed by atoms with van der Waals surface area (Å²) in [6, 6.07) is 0. The Morgan fingerprint density at radius 1 is 1.56 bits per heavy atom. The van der Waals surface area contributed by atoms with E-state index in [1.165, 1.54) is 0 Å². The summed E-state index contributed by atoms with van der Waals surface area (Å²) in [6.07, 6.45) is 6.00. The number of hydrogen-bond donors (Lipinski definition) is 1. The molecule has 0 aliphatic heterocycles. The predicted molar refractivity (Wildman–Crippen MR) is 63.4 cm³/mol. The SMILES string of the molecule is C=C(C)CS(=O)(=O)NCCCn1ccnc1. The van der Waals surface area contributed by atoms with Crippen LogP contribution >= 0.6 is 0 Å². The van der Waals surface area contributed by atoms with Crippen LogP contribution in [0, 0.1) is 0 Å². The minimum Gasteiger partial charge on any atom is -0.337 e. The van der Waals surface area contributed by atoms with Crippen molar-refractivity contribution in [3.8, 4) is 0 Å². The highest BCUT2D eigenvalue weighted by Crippen LogP contribution is 1.95. The number of nitrogens with one attached hydrogen (secondary N) is 1. The first kappa shape index (κ1) is 12.9. The number of nitrogens with zero attached hydrogens (tertiary/aromatic N) is 2. The van der Waals surface area contributed by atoms with Crippen LogP contribution in [0.3, 0.4) is 0 Å². The van der Waals surface area contributed by atoms with Crippen LogP contribution in [0.5, 0.6) is 0 Å². The van der Waals surface area contributed by atoms with Gasteiger partial charge in [-0.3, -0.25) is 0 Å². The zero-order valence-corrected chi connectivity index (χ0v) is 10.2. The predicted octanol–water partition coefficient (Wildman–Crippen LogP) is 0.769. The van der Waals surface area contributed by atoms with E-state index >= 15 is 0 Å². The molecular weight excluding hydrogens is 226 g/mol. The van der Waals surface area contributed by atoms with Crippen LogP contribution in [0.25, 0.3) is 0 Å². The summed E-state index contributed by atoms with van der Waals surface area (Å²) < 4.78 is 27.3. The van der Waals surface area contributed by atoms with Gasteiger partial charge < -0.3 is 4.57 Å². The molecule has 1 aromatic rings. The zero-order valence-electron chi connectivity index (χ0n) is 9.39. The number of aromatic nitrogens is 2. The summed E-state index contributed by atoms with van der Waals surface area (Å²) in [5, 5.41) is 0. The Morgan fingerprint density at radius 3 is 2.88 bits per heavy atom. The van der Waals surface area contributed by atoms with Gasteiger partial charge in [-0.25, -0.2) is 18.1 Å². The van der Waals surface area contributed by atoms with Gasteiger partial charge in [-0.1, -0.05) is 12.2 Å². The van der Waals surface area contributed by atoms with Crippen molar-refractivity contribution in [1.29, 1.82) is 0 Å². The number of rotatable bonds is 7. The molecule has 0 atom stereocenters. The molecule has 1 N–H and O–H groups in total. The van der Waals surface area contributed by atoms with Crippen molar-refractivity contribution in [2.45, 2.75) is 19.9 Å². The highest BCUT2D eigenvalue weighted by Gasteiger charge is 2.08. The fourth-order valence-corrected chi connectivity index (χ4v) is 2.49. The molecule has 0 fully saturated rings. The Hall–Kier alpha value is -1.14. The van der Waals surface area contributed by atoms with E-state index in [0.717, 1.165) is 13.0 Å². The van der Waals surface area contributed by atoms with E-state index in [4.69, 9.17) is 0 Å². The lowest BCUT2D eigenvalue weighted by Gasteiger charge is -2.06. The lowest BCUT2D eigenvalue weighted by molar-refractivity contribution is 0.572. The number of imidazole rings is 1. The zero-order chi connectivity index (χ0) is 12.0. The molecule has 0 spiro atoms. The van der Waals surface area contributed by atoms with Crippen LogP contribution in [0.1, 0.15) is 13.3 Å². The average molecular weight is 243 g/mol. The van der Waals surface area contributed by atoms with Gasteiger partial charge in [-0.05, 0) is 13.3 Å². The molecule has 1 aromatic heterocycles. The van der Waals surface area contributed by atoms with Crippen LogP contribution in [0.4, 0.5) is 0 Å². The van der Waals surface area contributed by atoms with Crippen molar-refractivity contribution in [2.75, 3.05) is 12.3 Å². The van der Waals surface area contributed by atoms with Crippen molar-refractivity contribution in [1.82, 2.24) is 14.3 Å². The molecule has 1 heterocycles. The second kappa shape index (κ2) is 5.81. The summed E-state index contributed by atoms with van der Waals surface area (Å²) in [6.45, 7) is 6.47. The molecule has 0 aliphatic rings. The third-order valence-electron chi connectivity index (χ3n) is 1.91. The minimum atomic E-state index is -3.20. The van der Waals surface area contributed by atoms with Crippen LogP contribution in [-0.2, 0) is 16.6 Å². The number of hydrogen-bond acceptors (Lipinski definition) is 3. The molecule has 0 saturated heterocycles. The Morgan fingerprint density at radius 2 is 2.31 bits per heavy atom. The maximum absolute atomic E-state index is 11.4. The van der Waals surface area contributed by atoms with E-state index in [1.54, 1.807) is 19.4 Å². The summed E-state index contributed by atoms with van der Waals surface area (Å²) in [4.78, 5) is 3.90. The Kier molecular flexibility index (Phi) is 4.70. The maximum Gasteiger partial charge on any atom is 0.215 e. The smallest absolute Gasteiger partial charge is 0.215 e. The Bertz CT molecular complexity index is 423. The third-order valence-corrected chi connectivity index (χ3v) is 3.43. The van der Waals surface area contributed by atoms with Crippen LogP contribution in [0.2, 0.25) is 0 Å². The molecule has 6 heteroatoms. The summed E-state index contributed by atoms with van der Waals surface area (Å²) >= 11 is 0. The van der Waals surface area contributed by atoms with Gasteiger partial charge in [0.25, 0.3) is 0 Å². The van der Waals surface area contributed by atoms with Gasteiger partial charge in [0.05, 0.1) is 12.1 Å². The average Bonchev–Trinajstić information content (AvgIpc) is 2.62. The Balaban J connectivity index is 2.23. The standard InChI is InChI=1S/C10H17N3O2S/c1-10(2)8-16(14,15)12-4-3-6-13-7-5-11-9-13/h5,7,9,12H,1,3-4,6,8H2,2H3. The van der Waals surface area contributed by atoms with Gasteiger partial charge in [-0.15, -0.1) is 0 Å². The summed E-state index contributed by atoms with van der Waals surface area (Å²) in [5.41, 5.74) is 0.641. The monoisotopic (exact) mass is 243 g/mol. The lowest BCUT2D eigenvalue weighted by Crippen LogP contribution is -2.28. The Labute approximate surface area is 96.2 Å². The molecule has 0 unspecified atom stereocenters. The fraction of sp³-hybridized carbons (Fsp3) is 0.500. The largest absolute Gasteiger partial charge is 0.337 e. The number of sulfonamides is 1. The maximum atomic E-state index is 11.4. The highest BCUT2D eigenvalue weighted by molar-refractivity contribution is 7.89. The van der Waals surface area contributed by atoms with Crippen molar-refractivity contribution < 1.29 is 8.42 Å². The van der Waals surface area contributed by atoms with E-state index in [1.807, 2.05) is 10.8 Å². The fourth-order valence-electron chi connectivity index (χ4n) is 1.28. The van der Waals surface area contributed by atoms with Crippen molar-refractivity contribution in [2.24, 2.45) is 0 Å². The first-order chi connectivity index (χ1) is 7.49. The second-order valence-electron chi connectivity index (χ2n) is 3.76. The van der Waals surface area contributed by atoms with E-state index in [0.29, 0.717) is 12.1 Å². The third kappa shape index (κ3) is 5.09. The molecule has 0 radical (unpaired) electrons. The topological polar surface area (TPSA) is 64.0 Å². The van der Waals surface area contributed by atoms with Crippen molar-refractivity contribution >= 4 is 10.0 Å². The quantitative estimate of drug-likeness (QED) is 0.568. The second-order valence-corrected chi connectivity index (χ2v) is 5.57. The summed E-state index contributed by atoms with van der Waals surface area (Å²) in [7, 11) is -3.20. The van der Waals surface area contributed by atoms with Gasteiger partial charge in [0, 0.05) is 25.5 Å². The van der Waals surface area contributed by atoms with Gasteiger partial charge in [0.15, 0.2) is 0 Å². The highest BCUT2D eigenvalue weighted by atomic mass is 32.2. The molecule has 0 amide bonds. The molecule has 1 rings (SSSR count). The molecule has 90 valence electrons. The van der Waals surface area contributed by atoms with Crippen LogP contribution in [0.15, 0.2) is 30.9 Å². The number of aryl methyl sites for hydroxylation is 1. The summed E-state index contributed by atoms with van der Waals surface area (Å²) in [5.74, 6) is -0.00191. The van der Waals surface area contributed by atoms with Crippen molar-refractivity contribution in [3.05, 3.63) is 30.9 Å². The molecule has 16 heavy (non-hydrogen) atoms. The van der Waals surface area contributed by atoms with Gasteiger partial charge in [-0.2, -0.15) is 0 Å². The van der Waals surface area contributed by atoms with Crippen LogP contribution in [-0.4, -0.2) is 30.3 Å². The molecule has 0 aliphatic carbocycles. The van der Waals surface area contributed by atoms with E-state index in [-0.39, 0.29) is 5.75 Å². The van der Waals surface area contributed by atoms with Gasteiger partial charge >= 0.3 is 0 Å². The normalized spacial score (nSPS) is 11.6.